The molecule has 0 bridgehead atoms. The van der Waals surface area contributed by atoms with Crippen LogP contribution in [0.25, 0.3) is 0 Å². The van der Waals surface area contributed by atoms with Gasteiger partial charge in [0.25, 0.3) is 0 Å². The Balaban J connectivity index is 2.13. The van der Waals surface area contributed by atoms with Gasteiger partial charge in [0, 0.05) is 11.0 Å². The molecule has 1 aliphatic rings. The number of carbonyl (C=O) groups is 1. The summed E-state index contributed by atoms with van der Waals surface area (Å²) in [5.41, 5.74) is 0. The van der Waals surface area contributed by atoms with Gasteiger partial charge in [-0.1, -0.05) is 43.3 Å². The van der Waals surface area contributed by atoms with Gasteiger partial charge in [-0.2, -0.15) is 0 Å². The molecule has 0 aromatic heterocycles. The van der Waals surface area contributed by atoms with Crippen LogP contribution in [0.3, 0.4) is 0 Å². The Morgan fingerprint density at radius 2 is 2.06 bits per heavy atom. The highest BCUT2D eigenvalue weighted by Crippen LogP contribution is 2.35. The van der Waals surface area contributed by atoms with Crippen LogP contribution in [0.1, 0.15) is 19.8 Å². The topological polar surface area (TPSA) is 26.3 Å². The highest BCUT2D eigenvalue weighted by Gasteiger charge is 2.20. The van der Waals surface area contributed by atoms with Crippen LogP contribution >= 0.6 is 11.8 Å². The van der Waals surface area contributed by atoms with Crippen molar-refractivity contribution in [1.82, 2.24) is 0 Å². The van der Waals surface area contributed by atoms with E-state index in [0.717, 1.165) is 22.6 Å². The summed E-state index contributed by atoms with van der Waals surface area (Å²) >= 11 is 1.56. The van der Waals surface area contributed by atoms with Gasteiger partial charge in [-0.05, 0) is 24.6 Å². The number of unbranched alkanes of at least 4 members (excludes halogenated alkanes) is 1. The first kappa shape index (κ1) is 12.0. The maximum Gasteiger partial charge on any atom is 0.337 e. The highest BCUT2D eigenvalue weighted by atomic mass is 32.2. The van der Waals surface area contributed by atoms with E-state index in [-0.39, 0.29) is 5.97 Å². The van der Waals surface area contributed by atoms with Crippen LogP contribution in [0, 0.1) is 0 Å². The molecule has 3 heteroatoms. The lowest BCUT2D eigenvalue weighted by Crippen LogP contribution is -1.90. The molecule has 0 aliphatic carbocycles. The number of benzene rings is 1. The lowest BCUT2D eigenvalue weighted by molar-refractivity contribution is -0.132. The number of ether oxygens (including phenoxy) is 1. The molecule has 17 heavy (non-hydrogen) atoms. The monoisotopic (exact) mass is 246 g/mol. The van der Waals surface area contributed by atoms with E-state index in [9.17, 15) is 4.79 Å². The molecule has 0 radical (unpaired) electrons. The second-order valence-corrected chi connectivity index (χ2v) is 4.82. The summed E-state index contributed by atoms with van der Waals surface area (Å²) in [6.45, 7) is 2.10. The van der Waals surface area contributed by atoms with Crippen LogP contribution < -0.4 is 0 Å². The van der Waals surface area contributed by atoms with Crippen LogP contribution in [0.4, 0.5) is 0 Å². The van der Waals surface area contributed by atoms with E-state index in [1.165, 1.54) is 0 Å². The SMILES string of the molecule is CCC/C=C1/OC(=O)C=C1Sc1ccccc1. The summed E-state index contributed by atoms with van der Waals surface area (Å²) in [5, 5.41) is 0. The average molecular weight is 246 g/mol. The number of hydrogen-bond donors (Lipinski definition) is 0. The van der Waals surface area contributed by atoms with Crippen molar-refractivity contribution in [2.45, 2.75) is 24.7 Å². The molecule has 2 nitrogen and oxygen atoms in total. The molecule has 0 fully saturated rings. The fraction of sp³-hybridized carbons (Fsp3) is 0.214. The molecule has 0 spiro atoms. The fourth-order valence-electron chi connectivity index (χ4n) is 1.48. The standard InChI is InChI=1S/C14H14O2S/c1-2-3-9-12-13(10-14(15)16-12)17-11-7-5-4-6-8-11/h4-10H,2-3H2,1H3/b12-9+. The number of esters is 1. The van der Waals surface area contributed by atoms with Crippen molar-refractivity contribution in [3.05, 3.63) is 53.1 Å². The van der Waals surface area contributed by atoms with Gasteiger partial charge in [0.15, 0.2) is 0 Å². The predicted molar refractivity (Wildman–Crippen MR) is 69.5 cm³/mol. The molecule has 0 amide bonds. The Bertz CT molecular complexity index is 460. The molecule has 2 rings (SSSR count). The predicted octanol–water partition coefficient (Wildman–Crippen LogP) is 3.90. The zero-order valence-corrected chi connectivity index (χ0v) is 10.5. The summed E-state index contributed by atoms with van der Waals surface area (Å²) in [7, 11) is 0. The quantitative estimate of drug-likeness (QED) is 0.754. The Hall–Kier alpha value is -1.48. The maximum absolute atomic E-state index is 11.3. The van der Waals surface area contributed by atoms with Gasteiger partial charge in [0.05, 0.1) is 4.91 Å². The van der Waals surface area contributed by atoms with Gasteiger partial charge < -0.3 is 4.74 Å². The first-order valence-electron chi connectivity index (χ1n) is 5.66. The van der Waals surface area contributed by atoms with Crippen molar-refractivity contribution in [3.63, 3.8) is 0 Å². The average Bonchev–Trinajstić information content (AvgIpc) is 2.68. The molecule has 0 unspecified atom stereocenters. The number of thioether (sulfide) groups is 1. The van der Waals surface area contributed by atoms with Crippen LogP contribution in [-0.4, -0.2) is 5.97 Å². The van der Waals surface area contributed by atoms with E-state index in [1.807, 2.05) is 36.4 Å². The third kappa shape index (κ3) is 3.24. The Morgan fingerprint density at radius 3 is 2.76 bits per heavy atom. The molecule has 1 aromatic carbocycles. The molecule has 1 heterocycles. The fourth-order valence-corrected chi connectivity index (χ4v) is 2.41. The van der Waals surface area contributed by atoms with Gasteiger partial charge in [0.2, 0.25) is 0 Å². The minimum atomic E-state index is -0.272. The van der Waals surface area contributed by atoms with Crippen molar-refractivity contribution in [2.75, 3.05) is 0 Å². The Labute approximate surface area is 105 Å². The summed E-state index contributed by atoms with van der Waals surface area (Å²) in [5.74, 6) is 0.427. The molecule has 0 atom stereocenters. The summed E-state index contributed by atoms with van der Waals surface area (Å²) in [6.07, 6.45) is 5.51. The van der Waals surface area contributed by atoms with Gasteiger partial charge in [-0.15, -0.1) is 0 Å². The van der Waals surface area contributed by atoms with Crippen LogP contribution in [0.15, 0.2) is 58.0 Å². The van der Waals surface area contributed by atoms with Crippen molar-refractivity contribution in [2.24, 2.45) is 0 Å². The smallest absolute Gasteiger partial charge is 0.337 e. The van der Waals surface area contributed by atoms with E-state index < -0.39 is 0 Å². The lowest BCUT2D eigenvalue weighted by atomic mass is 10.3. The molecular weight excluding hydrogens is 232 g/mol. The van der Waals surface area contributed by atoms with Crippen LogP contribution in [-0.2, 0) is 9.53 Å². The summed E-state index contributed by atoms with van der Waals surface area (Å²) < 4.78 is 5.16. The summed E-state index contributed by atoms with van der Waals surface area (Å²) in [6, 6.07) is 9.98. The van der Waals surface area contributed by atoms with E-state index in [1.54, 1.807) is 17.8 Å². The Morgan fingerprint density at radius 1 is 1.29 bits per heavy atom. The second-order valence-electron chi connectivity index (χ2n) is 3.70. The second kappa shape index (κ2) is 5.73. The number of cyclic esters (lactones) is 1. The zero-order valence-electron chi connectivity index (χ0n) is 9.68. The largest absolute Gasteiger partial charge is 0.422 e. The van der Waals surface area contributed by atoms with E-state index in [2.05, 4.69) is 6.92 Å². The van der Waals surface area contributed by atoms with Gasteiger partial charge >= 0.3 is 5.97 Å². The first-order valence-corrected chi connectivity index (χ1v) is 6.48. The van der Waals surface area contributed by atoms with Crippen molar-refractivity contribution >= 4 is 17.7 Å². The molecule has 1 aromatic rings. The molecule has 1 aliphatic heterocycles. The molecule has 0 N–H and O–H groups in total. The first-order chi connectivity index (χ1) is 8.29. The number of allylic oxidation sites excluding steroid dienone is 1. The Kier molecular flexibility index (Phi) is 4.04. The third-order valence-electron chi connectivity index (χ3n) is 2.29. The molecule has 0 saturated heterocycles. The van der Waals surface area contributed by atoms with Gasteiger partial charge in [-0.25, -0.2) is 4.79 Å². The third-order valence-corrected chi connectivity index (χ3v) is 3.34. The van der Waals surface area contributed by atoms with Crippen molar-refractivity contribution < 1.29 is 9.53 Å². The minimum absolute atomic E-state index is 0.272. The highest BCUT2D eigenvalue weighted by molar-refractivity contribution is 8.03. The van der Waals surface area contributed by atoms with Gasteiger partial charge in [0.1, 0.15) is 5.76 Å². The normalized spacial score (nSPS) is 17.1. The molecule has 88 valence electrons. The molecule has 0 saturated carbocycles. The summed E-state index contributed by atoms with van der Waals surface area (Å²) in [4.78, 5) is 13.3. The minimum Gasteiger partial charge on any atom is -0.422 e. The zero-order chi connectivity index (χ0) is 12.1. The number of rotatable bonds is 4. The van der Waals surface area contributed by atoms with E-state index >= 15 is 0 Å². The van der Waals surface area contributed by atoms with Crippen molar-refractivity contribution in [3.8, 4) is 0 Å². The van der Waals surface area contributed by atoms with E-state index in [0.29, 0.717) is 5.76 Å². The molecular formula is C14H14O2S. The maximum atomic E-state index is 11.3. The van der Waals surface area contributed by atoms with Crippen molar-refractivity contribution in [1.29, 1.82) is 0 Å². The van der Waals surface area contributed by atoms with E-state index in [4.69, 9.17) is 4.74 Å². The number of hydrogen-bond acceptors (Lipinski definition) is 3. The lowest BCUT2D eigenvalue weighted by Gasteiger charge is -2.03. The van der Waals surface area contributed by atoms with Gasteiger partial charge in [-0.3, -0.25) is 0 Å². The van der Waals surface area contributed by atoms with Crippen LogP contribution in [0.2, 0.25) is 0 Å². The number of carbonyl (C=O) groups excluding carboxylic acids is 1. The van der Waals surface area contributed by atoms with Crippen LogP contribution in [0.5, 0.6) is 0 Å².